The molecule has 1 amide bonds. The zero-order chi connectivity index (χ0) is 18.9. The molecule has 11 nitrogen and oxygen atoms in total. The first-order valence-electron chi connectivity index (χ1n) is 7.92. The van der Waals surface area contributed by atoms with E-state index in [2.05, 4.69) is 5.32 Å². The number of carbonyl (C=O) groups is 1. The van der Waals surface area contributed by atoms with Crippen molar-refractivity contribution in [1.82, 2.24) is 5.32 Å². The van der Waals surface area contributed by atoms with Crippen LogP contribution in [0.2, 0.25) is 0 Å². The second-order valence-corrected chi connectivity index (χ2v) is 6.25. The lowest BCUT2D eigenvalue weighted by molar-refractivity contribution is -0.341. The SMILES string of the molecule is CC(=O)N[C@@H]1[C@@H](O)[C@H](O[C@@H]2O[C@@H](C)[C@@H](O)[C@@H](O)[C@@H]2O)[C@@H](CO)O[C@H]1O. The molecule has 10 atom stereocenters. The highest BCUT2D eigenvalue weighted by molar-refractivity contribution is 5.73. The molecule has 0 aromatic carbocycles. The summed E-state index contributed by atoms with van der Waals surface area (Å²) in [6.07, 6.45) is -12.3. The van der Waals surface area contributed by atoms with E-state index in [1.54, 1.807) is 0 Å². The molecule has 0 radical (unpaired) electrons. The Labute approximate surface area is 143 Å². The maximum atomic E-state index is 11.2. The fourth-order valence-electron chi connectivity index (χ4n) is 2.92. The monoisotopic (exact) mass is 367 g/mol. The van der Waals surface area contributed by atoms with E-state index in [1.165, 1.54) is 13.8 Å². The van der Waals surface area contributed by atoms with Gasteiger partial charge in [0, 0.05) is 6.92 Å². The molecule has 0 saturated carbocycles. The molecule has 0 aliphatic carbocycles. The lowest BCUT2D eigenvalue weighted by Gasteiger charge is -2.46. The number of aliphatic hydroxyl groups is 6. The lowest BCUT2D eigenvalue weighted by atomic mass is 9.95. The second kappa shape index (κ2) is 8.20. The Hall–Kier alpha value is -0.890. The van der Waals surface area contributed by atoms with Crippen molar-refractivity contribution in [3.05, 3.63) is 0 Å². The van der Waals surface area contributed by atoms with Crippen LogP contribution in [-0.2, 0) is 19.0 Å². The molecular formula is C14H25NO10. The van der Waals surface area contributed by atoms with Crippen molar-refractivity contribution in [2.24, 2.45) is 0 Å². The Morgan fingerprint density at radius 1 is 1.04 bits per heavy atom. The molecule has 2 rings (SSSR count). The van der Waals surface area contributed by atoms with Gasteiger partial charge in [0.15, 0.2) is 12.6 Å². The molecule has 0 spiro atoms. The molecule has 11 heteroatoms. The van der Waals surface area contributed by atoms with Gasteiger partial charge in [0.1, 0.15) is 42.7 Å². The molecule has 2 aliphatic heterocycles. The summed E-state index contributed by atoms with van der Waals surface area (Å²) < 4.78 is 15.9. The van der Waals surface area contributed by atoms with Crippen LogP contribution in [0.1, 0.15) is 13.8 Å². The summed E-state index contributed by atoms with van der Waals surface area (Å²) in [5.41, 5.74) is 0. The first kappa shape index (κ1) is 20.4. The van der Waals surface area contributed by atoms with Crippen LogP contribution in [0.3, 0.4) is 0 Å². The third kappa shape index (κ3) is 4.27. The lowest BCUT2D eigenvalue weighted by Crippen LogP contribution is -2.66. The normalized spacial score (nSPS) is 48.2. The molecule has 0 unspecified atom stereocenters. The average molecular weight is 367 g/mol. The maximum Gasteiger partial charge on any atom is 0.217 e. The van der Waals surface area contributed by atoms with Gasteiger partial charge in [-0.1, -0.05) is 0 Å². The Balaban J connectivity index is 2.15. The fraction of sp³-hybridized carbons (Fsp3) is 0.929. The summed E-state index contributed by atoms with van der Waals surface area (Å²) in [5.74, 6) is -0.533. The highest BCUT2D eigenvalue weighted by Crippen LogP contribution is 2.28. The number of carbonyl (C=O) groups excluding carboxylic acids is 1. The van der Waals surface area contributed by atoms with E-state index in [-0.39, 0.29) is 0 Å². The largest absolute Gasteiger partial charge is 0.394 e. The molecule has 2 saturated heterocycles. The summed E-state index contributed by atoms with van der Waals surface area (Å²) in [4.78, 5) is 11.2. The van der Waals surface area contributed by atoms with Crippen molar-refractivity contribution < 1.29 is 49.6 Å². The van der Waals surface area contributed by atoms with Gasteiger partial charge in [0.25, 0.3) is 0 Å². The molecule has 25 heavy (non-hydrogen) atoms. The van der Waals surface area contributed by atoms with Crippen LogP contribution in [0.15, 0.2) is 0 Å². The molecule has 146 valence electrons. The van der Waals surface area contributed by atoms with Gasteiger partial charge in [-0.25, -0.2) is 0 Å². The van der Waals surface area contributed by atoms with Crippen molar-refractivity contribution in [3.8, 4) is 0 Å². The van der Waals surface area contributed by atoms with Gasteiger partial charge in [-0.15, -0.1) is 0 Å². The van der Waals surface area contributed by atoms with Crippen LogP contribution in [0.25, 0.3) is 0 Å². The van der Waals surface area contributed by atoms with Crippen molar-refractivity contribution in [2.45, 2.75) is 75.2 Å². The number of ether oxygens (including phenoxy) is 3. The van der Waals surface area contributed by atoms with E-state index in [4.69, 9.17) is 14.2 Å². The van der Waals surface area contributed by atoms with Crippen molar-refractivity contribution >= 4 is 5.91 Å². The minimum Gasteiger partial charge on any atom is -0.394 e. The van der Waals surface area contributed by atoms with Gasteiger partial charge in [0.2, 0.25) is 5.91 Å². The highest BCUT2D eigenvalue weighted by Gasteiger charge is 2.50. The molecule has 2 heterocycles. The standard InChI is InChI=1S/C14H25NO10/c1-4-8(18)10(20)11(21)14(23-4)25-12-6(3-16)24-13(22)7(9(12)19)15-5(2)17/h4,6-14,16,18-22H,3H2,1-2H3,(H,15,17)/t4-,6+,7+,8+,9+,10+,11-,12+,13+,14-/m0/s1. The van der Waals surface area contributed by atoms with Gasteiger partial charge in [-0.3, -0.25) is 4.79 Å². The summed E-state index contributed by atoms with van der Waals surface area (Å²) in [5, 5.41) is 61.5. The number of amides is 1. The Bertz CT molecular complexity index is 465. The third-order valence-electron chi connectivity index (χ3n) is 4.34. The first-order valence-corrected chi connectivity index (χ1v) is 7.92. The van der Waals surface area contributed by atoms with E-state index in [9.17, 15) is 35.4 Å². The summed E-state index contributed by atoms with van der Waals surface area (Å²) in [7, 11) is 0. The molecule has 7 N–H and O–H groups in total. The molecule has 2 aliphatic rings. The minimum absolute atomic E-state index is 0.533. The molecule has 2 fully saturated rings. The summed E-state index contributed by atoms with van der Waals surface area (Å²) >= 11 is 0. The van der Waals surface area contributed by atoms with Gasteiger partial charge in [-0.05, 0) is 6.92 Å². The molecule has 0 aromatic rings. The van der Waals surface area contributed by atoms with Crippen LogP contribution < -0.4 is 5.32 Å². The Morgan fingerprint density at radius 2 is 1.68 bits per heavy atom. The predicted molar refractivity (Wildman–Crippen MR) is 78.8 cm³/mol. The zero-order valence-corrected chi connectivity index (χ0v) is 13.8. The van der Waals surface area contributed by atoms with Crippen LogP contribution in [0.5, 0.6) is 0 Å². The third-order valence-corrected chi connectivity index (χ3v) is 4.34. The Kier molecular flexibility index (Phi) is 6.70. The van der Waals surface area contributed by atoms with E-state index in [0.717, 1.165) is 0 Å². The molecular weight excluding hydrogens is 342 g/mol. The van der Waals surface area contributed by atoms with E-state index in [0.29, 0.717) is 0 Å². The van der Waals surface area contributed by atoms with Gasteiger partial charge in [0.05, 0.1) is 12.7 Å². The number of hydrogen-bond acceptors (Lipinski definition) is 10. The van der Waals surface area contributed by atoms with Gasteiger partial charge >= 0.3 is 0 Å². The van der Waals surface area contributed by atoms with E-state index < -0.39 is 73.9 Å². The first-order chi connectivity index (χ1) is 11.7. The molecule has 0 aromatic heterocycles. The second-order valence-electron chi connectivity index (χ2n) is 6.25. The predicted octanol–water partition coefficient (Wildman–Crippen LogP) is -4.23. The minimum atomic E-state index is -1.62. The van der Waals surface area contributed by atoms with Crippen LogP contribution >= 0.6 is 0 Å². The van der Waals surface area contributed by atoms with Crippen LogP contribution in [0.4, 0.5) is 0 Å². The number of hydrogen-bond donors (Lipinski definition) is 7. The van der Waals surface area contributed by atoms with Crippen LogP contribution in [-0.4, -0.2) is 105 Å². The number of nitrogens with one attached hydrogen (secondary N) is 1. The zero-order valence-electron chi connectivity index (χ0n) is 13.8. The highest BCUT2D eigenvalue weighted by atomic mass is 16.7. The van der Waals surface area contributed by atoms with Crippen molar-refractivity contribution in [3.63, 3.8) is 0 Å². The summed E-state index contributed by atoms with van der Waals surface area (Å²) in [6.45, 7) is 2.01. The number of rotatable bonds is 4. The quantitative estimate of drug-likeness (QED) is 0.257. The number of aliphatic hydroxyl groups excluding tert-OH is 6. The Morgan fingerprint density at radius 3 is 2.24 bits per heavy atom. The fourth-order valence-corrected chi connectivity index (χ4v) is 2.92. The van der Waals surface area contributed by atoms with Gasteiger partial charge in [-0.2, -0.15) is 0 Å². The van der Waals surface area contributed by atoms with E-state index in [1.807, 2.05) is 0 Å². The average Bonchev–Trinajstić information content (AvgIpc) is 2.56. The summed E-state index contributed by atoms with van der Waals surface area (Å²) in [6, 6.07) is -1.24. The van der Waals surface area contributed by atoms with E-state index >= 15 is 0 Å². The maximum absolute atomic E-state index is 11.2. The smallest absolute Gasteiger partial charge is 0.217 e. The van der Waals surface area contributed by atoms with Gasteiger partial charge < -0.3 is 50.2 Å². The molecule has 0 bridgehead atoms. The van der Waals surface area contributed by atoms with Crippen LogP contribution in [0, 0.1) is 0 Å². The van der Waals surface area contributed by atoms with Crippen molar-refractivity contribution in [1.29, 1.82) is 0 Å². The van der Waals surface area contributed by atoms with Crippen molar-refractivity contribution in [2.75, 3.05) is 6.61 Å². The topological polar surface area (TPSA) is 178 Å².